The highest BCUT2D eigenvalue weighted by atomic mass is 35.5. The van der Waals surface area contributed by atoms with Gasteiger partial charge in [-0.25, -0.2) is 13.2 Å². The van der Waals surface area contributed by atoms with E-state index in [4.69, 9.17) is 16.3 Å². The molecule has 0 radical (unpaired) electrons. The van der Waals surface area contributed by atoms with E-state index >= 15 is 0 Å². The van der Waals surface area contributed by atoms with Gasteiger partial charge < -0.3 is 10.1 Å². The lowest BCUT2D eigenvalue weighted by Gasteiger charge is -2.19. The lowest BCUT2D eigenvalue weighted by atomic mass is 10.1. The van der Waals surface area contributed by atoms with Gasteiger partial charge in [-0.2, -0.15) is 0 Å². The maximum atomic E-state index is 13.1. The highest BCUT2D eigenvalue weighted by molar-refractivity contribution is 7.90. The molecule has 0 aliphatic carbocycles. The average molecular weight is 486 g/mol. The fourth-order valence-electron chi connectivity index (χ4n) is 2.99. The van der Waals surface area contributed by atoms with E-state index in [1.54, 1.807) is 48.5 Å². The first kappa shape index (κ1) is 24.2. The number of carbonyl (C=O) groups is 3. The number of Topliss-reactive ketones (excluding diaryl/α,β-unsaturated/α-hetero) is 1. The third-order valence-corrected chi connectivity index (χ3v) is 6.13. The smallest absolute Gasteiger partial charge is 0.340 e. The quantitative estimate of drug-likeness (QED) is 0.390. The molecule has 9 heteroatoms. The first-order valence-corrected chi connectivity index (χ1v) is 12.0. The number of hydrogen-bond donors (Lipinski definition) is 1. The van der Waals surface area contributed by atoms with Crippen molar-refractivity contribution in [1.82, 2.24) is 0 Å². The third kappa shape index (κ3) is 6.06. The number of nitrogens with one attached hydrogen (secondary N) is 1. The van der Waals surface area contributed by atoms with Crippen LogP contribution in [0.3, 0.4) is 0 Å². The Labute approximate surface area is 196 Å². The molecular formula is C24H20ClNO6S. The Balaban J connectivity index is 1.93. The zero-order valence-corrected chi connectivity index (χ0v) is 19.3. The van der Waals surface area contributed by atoms with Gasteiger partial charge in [-0.15, -0.1) is 0 Å². The van der Waals surface area contributed by atoms with Crippen molar-refractivity contribution in [2.45, 2.75) is 17.9 Å². The van der Waals surface area contributed by atoms with Crippen molar-refractivity contribution >= 4 is 44.8 Å². The second-order valence-corrected chi connectivity index (χ2v) is 9.66. The Bertz CT molecular complexity index is 1320. The summed E-state index contributed by atoms with van der Waals surface area (Å²) < 4.78 is 29.2. The molecule has 0 aliphatic rings. The number of halogens is 1. The first-order valence-electron chi connectivity index (χ1n) is 9.73. The SMILES string of the molecule is CC(=O)c1cccc(NC(=O)C(OC(=O)c2cc(S(C)(=O)=O)ccc2Cl)c2ccccc2)c1. The number of ether oxygens (including phenoxy) is 1. The second kappa shape index (κ2) is 9.97. The first-order chi connectivity index (χ1) is 15.6. The van der Waals surface area contributed by atoms with Crippen LogP contribution in [0.4, 0.5) is 5.69 Å². The largest absolute Gasteiger partial charge is 0.444 e. The summed E-state index contributed by atoms with van der Waals surface area (Å²) in [6.07, 6.45) is -0.363. The molecule has 1 N–H and O–H groups in total. The topological polar surface area (TPSA) is 107 Å². The van der Waals surface area contributed by atoms with Gasteiger partial charge in [0, 0.05) is 23.1 Å². The Kier molecular flexibility index (Phi) is 7.30. The molecule has 3 aromatic carbocycles. The minimum absolute atomic E-state index is 0.0196. The van der Waals surface area contributed by atoms with Gasteiger partial charge >= 0.3 is 5.97 Å². The lowest BCUT2D eigenvalue weighted by molar-refractivity contribution is -0.125. The summed E-state index contributed by atoms with van der Waals surface area (Å²) in [4.78, 5) is 37.5. The van der Waals surface area contributed by atoms with E-state index in [1.807, 2.05) is 0 Å². The van der Waals surface area contributed by atoms with Crippen molar-refractivity contribution in [3.8, 4) is 0 Å². The molecule has 0 heterocycles. The molecule has 1 unspecified atom stereocenters. The van der Waals surface area contributed by atoms with Crippen LogP contribution in [0.2, 0.25) is 5.02 Å². The summed E-state index contributed by atoms with van der Waals surface area (Å²) >= 11 is 6.10. The van der Waals surface area contributed by atoms with Gasteiger partial charge in [0.1, 0.15) is 0 Å². The lowest BCUT2D eigenvalue weighted by Crippen LogP contribution is -2.26. The van der Waals surface area contributed by atoms with Crippen LogP contribution in [0.1, 0.15) is 39.3 Å². The summed E-state index contributed by atoms with van der Waals surface area (Å²) in [6, 6.07) is 18.3. The third-order valence-electron chi connectivity index (χ3n) is 4.69. The summed E-state index contributed by atoms with van der Waals surface area (Å²) in [5.74, 6) is -1.80. The van der Waals surface area contributed by atoms with E-state index in [2.05, 4.69) is 5.32 Å². The van der Waals surface area contributed by atoms with Crippen LogP contribution in [0.5, 0.6) is 0 Å². The minimum atomic E-state index is -3.60. The number of anilines is 1. The van der Waals surface area contributed by atoms with Crippen molar-refractivity contribution < 1.29 is 27.5 Å². The van der Waals surface area contributed by atoms with E-state index in [0.717, 1.165) is 12.3 Å². The molecule has 0 saturated heterocycles. The number of amides is 1. The molecule has 33 heavy (non-hydrogen) atoms. The molecule has 1 amide bonds. The molecule has 0 saturated carbocycles. The Hall–Kier alpha value is -3.49. The number of sulfone groups is 1. The molecule has 0 spiro atoms. The molecule has 0 aromatic heterocycles. The molecule has 7 nitrogen and oxygen atoms in total. The Morgan fingerprint density at radius 2 is 1.64 bits per heavy atom. The normalized spacial score (nSPS) is 12.0. The standard InChI is InChI=1S/C24H20ClNO6S/c1-15(27)17-9-6-10-18(13-17)26-23(28)22(16-7-4-3-5-8-16)32-24(29)20-14-19(33(2,30)31)11-12-21(20)25/h3-14,22H,1-2H3,(H,26,28). The van der Waals surface area contributed by atoms with Crippen LogP contribution < -0.4 is 5.32 Å². The molecule has 170 valence electrons. The maximum Gasteiger partial charge on any atom is 0.340 e. The Morgan fingerprint density at radius 3 is 2.27 bits per heavy atom. The molecular weight excluding hydrogens is 466 g/mol. The maximum absolute atomic E-state index is 13.1. The monoisotopic (exact) mass is 485 g/mol. The summed E-state index contributed by atoms with van der Waals surface area (Å²) in [6.45, 7) is 1.41. The average Bonchev–Trinajstić information content (AvgIpc) is 2.77. The second-order valence-electron chi connectivity index (χ2n) is 7.24. The van der Waals surface area contributed by atoms with Crippen LogP contribution in [-0.4, -0.2) is 32.3 Å². The van der Waals surface area contributed by atoms with E-state index < -0.39 is 27.8 Å². The fraction of sp³-hybridized carbons (Fsp3) is 0.125. The molecule has 0 aliphatic heterocycles. The predicted octanol–water partition coefficient (Wildman–Crippen LogP) is 4.48. The number of hydrogen-bond acceptors (Lipinski definition) is 6. The zero-order chi connectivity index (χ0) is 24.2. The van der Waals surface area contributed by atoms with Gasteiger partial charge in [-0.3, -0.25) is 9.59 Å². The number of benzene rings is 3. The van der Waals surface area contributed by atoms with Crippen molar-refractivity contribution in [2.75, 3.05) is 11.6 Å². The van der Waals surface area contributed by atoms with Crippen LogP contribution in [0, 0.1) is 0 Å². The zero-order valence-electron chi connectivity index (χ0n) is 17.7. The molecule has 0 fully saturated rings. The highest BCUT2D eigenvalue weighted by Gasteiger charge is 2.27. The van der Waals surface area contributed by atoms with Gasteiger partial charge in [0.05, 0.1) is 15.5 Å². The minimum Gasteiger partial charge on any atom is -0.444 e. The number of carbonyl (C=O) groups excluding carboxylic acids is 3. The van der Waals surface area contributed by atoms with Crippen molar-refractivity contribution in [3.63, 3.8) is 0 Å². The van der Waals surface area contributed by atoms with Gasteiger partial charge in [-0.05, 0) is 37.3 Å². The molecule has 1 atom stereocenters. The summed E-state index contributed by atoms with van der Waals surface area (Å²) in [7, 11) is -3.60. The fourth-order valence-corrected chi connectivity index (χ4v) is 3.83. The van der Waals surface area contributed by atoms with Crippen LogP contribution in [0.25, 0.3) is 0 Å². The Morgan fingerprint density at radius 1 is 0.939 bits per heavy atom. The number of ketones is 1. The van der Waals surface area contributed by atoms with E-state index in [1.165, 1.54) is 25.1 Å². The molecule has 0 bridgehead atoms. The van der Waals surface area contributed by atoms with Crippen molar-refractivity contribution in [2.24, 2.45) is 0 Å². The molecule has 3 aromatic rings. The van der Waals surface area contributed by atoms with Crippen LogP contribution in [0.15, 0.2) is 77.7 Å². The van der Waals surface area contributed by atoms with E-state index in [9.17, 15) is 22.8 Å². The number of rotatable bonds is 7. The van der Waals surface area contributed by atoms with Gasteiger partial charge in [0.15, 0.2) is 15.6 Å². The van der Waals surface area contributed by atoms with Crippen molar-refractivity contribution in [1.29, 1.82) is 0 Å². The molecule has 3 rings (SSSR count). The highest BCUT2D eigenvalue weighted by Crippen LogP contribution is 2.26. The van der Waals surface area contributed by atoms with Gasteiger partial charge in [0.2, 0.25) is 6.10 Å². The van der Waals surface area contributed by atoms with Crippen LogP contribution >= 0.6 is 11.6 Å². The summed E-state index contributed by atoms with van der Waals surface area (Å²) in [5, 5.41) is 2.63. The summed E-state index contributed by atoms with van der Waals surface area (Å²) in [5.41, 5.74) is 0.959. The van der Waals surface area contributed by atoms with Gasteiger partial charge in [0.25, 0.3) is 5.91 Å². The van der Waals surface area contributed by atoms with E-state index in [0.29, 0.717) is 16.8 Å². The predicted molar refractivity (Wildman–Crippen MR) is 124 cm³/mol. The van der Waals surface area contributed by atoms with E-state index in [-0.39, 0.29) is 21.3 Å². The van der Waals surface area contributed by atoms with Crippen molar-refractivity contribution in [3.05, 3.63) is 94.5 Å². The van der Waals surface area contributed by atoms with Gasteiger partial charge in [-0.1, -0.05) is 54.1 Å². The number of esters is 1. The van der Waals surface area contributed by atoms with Crippen LogP contribution in [-0.2, 0) is 19.4 Å².